The summed E-state index contributed by atoms with van der Waals surface area (Å²) in [4.78, 5) is 19.7. The number of rotatable bonds is 11. The first-order valence-corrected chi connectivity index (χ1v) is 12.0. The number of likely N-dealkylation sites (tertiary alicyclic amines) is 1. The van der Waals surface area contributed by atoms with Gasteiger partial charge in [-0.05, 0) is 62.9 Å². The number of imidazole rings is 1. The standard InChI is InChI=1S/C26H29F2N3O4/c1-33-22-13-18(14-23(35-26(27)28)25(22)21(32)12-17-4-5-17)20-16-29-24-15-19(6-9-31(20)24)34-11-10-30-7-2-3-8-30/h6,9,13-17,26H,2-5,7-8,10-12H2,1H3. The highest BCUT2D eigenvalue weighted by Crippen LogP contribution is 2.40. The average molecular weight is 486 g/mol. The van der Waals surface area contributed by atoms with Gasteiger partial charge in [-0.25, -0.2) is 4.98 Å². The molecular formula is C26H29F2N3O4. The lowest BCUT2D eigenvalue weighted by molar-refractivity contribution is -0.0502. The Morgan fingerprint density at radius 2 is 1.94 bits per heavy atom. The van der Waals surface area contributed by atoms with E-state index in [1.165, 1.54) is 26.0 Å². The van der Waals surface area contributed by atoms with E-state index < -0.39 is 6.61 Å². The lowest BCUT2D eigenvalue weighted by Gasteiger charge is -2.16. The summed E-state index contributed by atoms with van der Waals surface area (Å²) in [7, 11) is 1.42. The molecule has 0 unspecified atom stereocenters. The number of alkyl halides is 2. The molecule has 1 saturated carbocycles. The number of fused-ring (bicyclic) bond motifs is 1. The molecule has 1 aliphatic carbocycles. The Morgan fingerprint density at radius 1 is 1.17 bits per heavy atom. The number of hydrogen-bond acceptors (Lipinski definition) is 6. The summed E-state index contributed by atoms with van der Waals surface area (Å²) in [6.07, 6.45) is 8.21. The molecule has 2 fully saturated rings. The number of methoxy groups -OCH3 is 1. The summed E-state index contributed by atoms with van der Waals surface area (Å²) in [5.41, 5.74) is 1.92. The minimum atomic E-state index is -3.06. The van der Waals surface area contributed by atoms with E-state index in [0.717, 1.165) is 32.5 Å². The first kappa shape index (κ1) is 23.5. The van der Waals surface area contributed by atoms with Crippen molar-refractivity contribution < 1.29 is 27.8 Å². The van der Waals surface area contributed by atoms with Crippen LogP contribution in [0.25, 0.3) is 16.9 Å². The number of ketones is 1. The number of pyridine rings is 1. The van der Waals surface area contributed by atoms with Crippen LogP contribution in [0.5, 0.6) is 17.2 Å². The lowest BCUT2D eigenvalue weighted by Crippen LogP contribution is -2.25. The molecule has 35 heavy (non-hydrogen) atoms. The maximum atomic E-state index is 13.2. The van der Waals surface area contributed by atoms with E-state index in [1.54, 1.807) is 12.3 Å². The molecule has 0 bridgehead atoms. The zero-order chi connectivity index (χ0) is 24.4. The second-order valence-electron chi connectivity index (χ2n) is 9.13. The maximum absolute atomic E-state index is 13.2. The van der Waals surface area contributed by atoms with Crippen LogP contribution in [-0.2, 0) is 0 Å². The van der Waals surface area contributed by atoms with Crippen LogP contribution in [0, 0.1) is 5.92 Å². The number of nitrogens with zero attached hydrogens (tertiary/aromatic N) is 3. The Morgan fingerprint density at radius 3 is 2.66 bits per heavy atom. The summed E-state index contributed by atoms with van der Waals surface area (Å²) in [6, 6.07) is 6.82. The molecule has 0 atom stereocenters. The zero-order valence-corrected chi connectivity index (χ0v) is 19.7. The van der Waals surface area contributed by atoms with E-state index in [2.05, 4.69) is 9.88 Å². The van der Waals surface area contributed by atoms with Crippen LogP contribution in [0.15, 0.2) is 36.7 Å². The third kappa shape index (κ3) is 5.40. The van der Waals surface area contributed by atoms with Gasteiger partial charge in [-0.3, -0.25) is 14.1 Å². The van der Waals surface area contributed by atoms with Gasteiger partial charge < -0.3 is 14.2 Å². The van der Waals surface area contributed by atoms with Gasteiger partial charge in [0, 0.05) is 30.8 Å². The zero-order valence-electron chi connectivity index (χ0n) is 19.7. The molecule has 9 heteroatoms. The lowest BCUT2D eigenvalue weighted by atomic mass is 10.00. The minimum absolute atomic E-state index is 0.0611. The first-order valence-electron chi connectivity index (χ1n) is 12.0. The largest absolute Gasteiger partial charge is 0.496 e. The molecule has 3 aromatic rings. The Labute approximate surface area is 202 Å². The van der Waals surface area contributed by atoms with E-state index in [0.29, 0.717) is 41.6 Å². The molecule has 1 aliphatic heterocycles. The minimum Gasteiger partial charge on any atom is -0.496 e. The SMILES string of the molecule is COc1cc(-c2cnc3cc(OCCN4CCCC4)ccn23)cc(OC(F)F)c1C(=O)CC1CC1. The second kappa shape index (κ2) is 10.2. The van der Waals surface area contributed by atoms with Crippen molar-refractivity contribution in [2.24, 2.45) is 5.92 Å². The van der Waals surface area contributed by atoms with Crippen LogP contribution in [0.3, 0.4) is 0 Å². The van der Waals surface area contributed by atoms with Gasteiger partial charge in [-0.1, -0.05) is 0 Å². The van der Waals surface area contributed by atoms with Gasteiger partial charge >= 0.3 is 6.61 Å². The van der Waals surface area contributed by atoms with Crippen molar-refractivity contribution in [3.05, 3.63) is 42.2 Å². The quantitative estimate of drug-likeness (QED) is 0.354. The van der Waals surface area contributed by atoms with Crippen LogP contribution in [0.1, 0.15) is 42.5 Å². The van der Waals surface area contributed by atoms with Crippen LogP contribution < -0.4 is 14.2 Å². The molecule has 0 spiro atoms. The molecule has 0 radical (unpaired) electrons. The predicted molar refractivity (Wildman–Crippen MR) is 127 cm³/mol. The topological polar surface area (TPSA) is 65.3 Å². The number of carbonyl (C=O) groups is 1. The molecule has 0 N–H and O–H groups in total. The Balaban J connectivity index is 1.42. The number of hydrogen-bond donors (Lipinski definition) is 0. The Hall–Kier alpha value is -3.20. The van der Waals surface area contributed by atoms with Gasteiger partial charge in [-0.2, -0.15) is 8.78 Å². The van der Waals surface area contributed by atoms with Crippen molar-refractivity contribution in [2.75, 3.05) is 33.4 Å². The molecule has 0 amide bonds. The van der Waals surface area contributed by atoms with Crippen molar-refractivity contribution in [2.45, 2.75) is 38.7 Å². The van der Waals surface area contributed by atoms with Gasteiger partial charge in [-0.15, -0.1) is 0 Å². The van der Waals surface area contributed by atoms with E-state index in [1.807, 2.05) is 22.7 Å². The van der Waals surface area contributed by atoms with E-state index in [-0.39, 0.29) is 22.8 Å². The second-order valence-corrected chi connectivity index (χ2v) is 9.13. The van der Waals surface area contributed by atoms with Crippen LogP contribution >= 0.6 is 0 Å². The normalized spacial score (nSPS) is 16.2. The highest BCUT2D eigenvalue weighted by Gasteiger charge is 2.29. The fraction of sp³-hybridized carbons (Fsp3) is 0.462. The Bertz CT molecular complexity index is 1200. The molecule has 1 saturated heterocycles. The van der Waals surface area contributed by atoms with Gasteiger partial charge in [0.15, 0.2) is 5.78 Å². The van der Waals surface area contributed by atoms with E-state index in [9.17, 15) is 13.6 Å². The van der Waals surface area contributed by atoms with Crippen molar-refractivity contribution in [1.82, 2.24) is 14.3 Å². The Kier molecular flexibility index (Phi) is 6.86. The number of ether oxygens (including phenoxy) is 3. The van der Waals surface area contributed by atoms with Gasteiger partial charge in [0.1, 0.15) is 35.1 Å². The summed E-state index contributed by atoms with van der Waals surface area (Å²) in [5, 5.41) is 0. The fourth-order valence-corrected chi connectivity index (χ4v) is 4.61. The van der Waals surface area contributed by atoms with E-state index >= 15 is 0 Å². The average Bonchev–Trinajstić information content (AvgIpc) is 3.31. The molecule has 186 valence electrons. The smallest absolute Gasteiger partial charge is 0.387 e. The van der Waals surface area contributed by atoms with Gasteiger partial charge in [0.25, 0.3) is 0 Å². The van der Waals surface area contributed by atoms with Crippen molar-refractivity contribution >= 4 is 11.4 Å². The molecule has 3 heterocycles. The van der Waals surface area contributed by atoms with Crippen molar-refractivity contribution in [1.29, 1.82) is 0 Å². The third-order valence-electron chi connectivity index (χ3n) is 6.61. The van der Waals surface area contributed by atoms with Gasteiger partial charge in [0.2, 0.25) is 0 Å². The van der Waals surface area contributed by atoms with Crippen LogP contribution in [-0.4, -0.2) is 60.0 Å². The number of carbonyl (C=O) groups excluding carboxylic acids is 1. The van der Waals surface area contributed by atoms with Crippen LogP contribution in [0.4, 0.5) is 8.78 Å². The number of halogens is 2. The molecular weight excluding hydrogens is 456 g/mol. The van der Waals surface area contributed by atoms with E-state index in [4.69, 9.17) is 14.2 Å². The van der Waals surface area contributed by atoms with Crippen molar-refractivity contribution in [3.8, 4) is 28.5 Å². The highest BCUT2D eigenvalue weighted by molar-refractivity contribution is 6.02. The number of Topliss-reactive ketones (excluding diaryl/α,β-unsaturated/α-hetero) is 1. The maximum Gasteiger partial charge on any atom is 0.387 e. The predicted octanol–water partition coefficient (Wildman–Crippen LogP) is 5.07. The fourth-order valence-electron chi connectivity index (χ4n) is 4.61. The van der Waals surface area contributed by atoms with Crippen LogP contribution in [0.2, 0.25) is 0 Å². The number of aromatic nitrogens is 2. The third-order valence-corrected chi connectivity index (χ3v) is 6.61. The summed E-state index contributed by atoms with van der Waals surface area (Å²) in [6.45, 7) is 0.676. The molecule has 2 aliphatic rings. The number of benzene rings is 1. The van der Waals surface area contributed by atoms with Gasteiger partial charge in [0.05, 0.1) is 19.0 Å². The van der Waals surface area contributed by atoms with Crippen molar-refractivity contribution in [3.63, 3.8) is 0 Å². The highest BCUT2D eigenvalue weighted by atomic mass is 19.3. The summed E-state index contributed by atoms with van der Waals surface area (Å²) < 4.78 is 44.4. The molecule has 1 aromatic carbocycles. The first-order chi connectivity index (χ1) is 17.0. The summed E-state index contributed by atoms with van der Waals surface area (Å²) >= 11 is 0. The molecule has 7 nitrogen and oxygen atoms in total. The molecule has 2 aromatic heterocycles. The monoisotopic (exact) mass is 485 g/mol. The summed E-state index contributed by atoms with van der Waals surface area (Å²) in [5.74, 6) is 0.795. The molecule has 5 rings (SSSR count).